The maximum absolute atomic E-state index is 13.0. The Kier molecular flexibility index (Phi) is 5.99. The van der Waals surface area contributed by atoms with Gasteiger partial charge in [-0.1, -0.05) is 54.6 Å². The summed E-state index contributed by atoms with van der Waals surface area (Å²) in [4.78, 5) is 25.5. The summed E-state index contributed by atoms with van der Waals surface area (Å²) in [6.45, 7) is 0.287. The zero-order valence-electron chi connectivity index (χ0n) is 18.2. The number of ether oxygens (including phenoxy) is 3. The lowest BCUT2D eigenvalue weighted by Gasteiger charge is -2.14. The van der Waals surface area contributed by atoms with Crippen molar-refractivity contribution < 1.29 is 23.8 Å². The summed E-state index contributed by atoms with van der Waals surface area (Å²) < 4.78 is 16.4. The molecule has 0 bridgehead atoms. The van der Waals surface area contributed by atoms with E-state index in [-0.39, 0.29) is 25.2 Å². The number of nitrogens with one attached hydrogen (secondary N) is 2. The lowest BCUT2D eigenvalue weighted by molar-refractivity contribution is -0.118. The van der Waals surface area contributed by atoms with Crippen LogP contribution in [-0.4, -0.2) is 25.2 Å². The molecule has 0 aliphatic carbocycles. The number of anilines is 1. The van der Waals surface area contributed by atoms with Gasteiger partial charge in [-0.15, -0.1) is 0 Å². The Balaban J connectivity index is 1.31. The predicted octanol–water partition coefficient (Wildman–Crippen LogP) is 4.52. The number of fused-ring (bicyclic) bond motifs is 2. The van der Waals surface area contributed by atoms with Crippen LogP contribution in [0.15, 0.2) is 84.9 Å². The van der Waals surface area contributed by atoms with Gasteiger partial charge in [0.05, 0.1) is 5.56 Å². The number of hydrogen-bond donors (Lipinski definition) is 2. The van der Waals surface area contributed by atoms with Gasteiger partial charge in [-0.3, -0.25) is 9.59 Å². The third-order valence-electron chi connectivity index (χ3n) is 5.40. The van der Waals surface area contributed by atoms with E-state index in [0.29, 0.717) is 35.0 Å². The van der Waals surface area contributed by atoms with Crippen LogP contribution in [0.1, 0.15) is 15.9 Å². The van der Waals surface area contributed by atoms with Crippen LogP contribution in [0.25, 0.3) is 10.8 Å². The third-order valence-corrected chi connectivity index (χ3v) is 5.40. The second-order valence-electron chi connectivity index (χ2n) is 7.77. The van der Waals surface area contributed by atoms with Gasteiger partial charge in [-0.25, -0.2) is 0 Å². The molecule has 0 atom stereocenters. The molecule has 0 spiro atoms. The molecule has 170 valence electrons. The second kappa shape index (κ2) is 9.54. The van der Waals surface area contributed by atoms with E-state index in [4.69, 9.17) is 14.2 Å². The highest BCUT2D eigenvalue weighted by Crippen LogP contribution is 2.34. The Morgan fingerprint density at radius 1 is 0.824 bits per heavy atom. The molecule has 0 saturated heterocycles. The first-order valence-corrected chi connectivity index (χ1v) is 10.8. The lowest BCUT2D eigenvalue weighted by Crippen LogP contribution is -2.25. The van der Waals surface area contributed by atoms with Gasteiger partial charge in [0.25, 0.3) is 11.8 Å². The highest BCUT2D eigenvalue weighted by molar-refractivity contribution is 6.02. The summed E-state index contributed by atoms with van der Waals surface area (Å²) in [6, 6.07) is 26.0. The van der Waals surface area contributed by atoms with E-state index < -0.39 is 0 Å². The fraction of sp³-hybridized carbons (Fsp3) is 0.111. The minimum absolute atomic E-state index is 0.160. The highest BCUT2D eigenvalue weighted by atomic mass is 16.7. The van der Waals surface area contributed by atoms with Crippen molar-refractivity contribution in [2.45, 2.75) is 6.54 Å². The molecule has 34 heavy (non-hydrogen) atoms. The number of rotatable bonds is 7. The van der Waals surface area contributed by atoms with Gasteiger partial charge in [-0.05, 0) is 40.6 Å². The van der Waals surface area contributed by atoms with E-state index in [0.717, 1.165) is 16.3 Å². The molecule has 0 aromatic heterocycles. The molecule has 1 aliphatic heterocycles. The van der Waals surface area contributed by atoms with Crippen molar-refractivity contribution in [2.24, 2.45) is 0 Å². The average molecular weight is 454 g/mol. The minimum atomic E-state index is -0.359. The Morgan fingerprint density at radius 2 is 1.56 bits per heavy atom. The number of carbonyl (C=O) groups excluding carboxylic acids is 2. The fourth-order valence-corrected chi connectivity index (χ4v) is 3.70. The summed E-state index contributed by atoms with van der Waals surface area (Å²) in [5.74, 6) is 0.913. The maximum Gasteiger partial charge on any atom is 0.262 e. The summed E-state index contributed by atoms with van der Waals surface area (Å²) in [6.07, 6.45) is 0. The van der Waals surface area contributed by atoms with Gasteiger partial charge in [0, 0.05) is 18.3 Å². The standard InChI is InChI=1S/C27H22N2O5/c30-26(29-21-10-11-23-25(14-21)34-17-33-23)16-32-24-13-20-9-5-4-8-19(20)12-22(24)27(31)28-15-18-6-2-1-3-7-18/h1-14H,15-17H2,(H,28,31)(H,29,30). The first kappa shape index (κ1) is 21.3. The van der Waals surface area contributed by atoms with E-state index in [1.54, 1.807) is 30.3 Å². The van der Waals surface area contributed by atoms with Gasteiger partial charge in [-0.2, -0.15) is 0 Å². The number of amides is 2. The van der Waals surface area contributed by atoms with Crippen molar-refractivity contribution in [3.8, 4) is 17.2 Å². The molecule has 1 heterocycles. The van der Waals surface area contributed by atoms with Crippen LogP contribution in [0.5, 0.6) is 17.2 Å². The van der Waals surface area contributed by atoms with Gasteiger partial charge in [0.1, 0.15) is 5.75 Å². The summed E-state index contributed by atoms with van der Waals surface area (Å²) in [5.41, 5.74) is 1.92. The average Bonchev–Trinajstić information content (AvgIpc) is 3.34. The zero-order valence-corrected chi connectivity index (χ0v) is 18.2. The van der Waals surface area contributed by atoms with Crippen LogP contribution >= 0.6 is 0 Å². The third kappa shape index (κ3) is 4.78. The molecule has 0 saturated carbocycles. The van der Waals surface area contributed by atoms with E-state index in [9.17, 15) is 9.59 Å². The molecule has 0 unspecified atom stereocenters. The summed E-state index contributed by atoms with van der Waals surface area (Å²) in [5, 5.41) is 7.52. The van der Waals surface area contributed by atoms with E-state index >= 15 is 0 Å². The van der Waals surface area contributed by atoms with Crippen molar-refractivity contribution in [3.63, 3.8) is 0 Å². The van der Waals surface area contributed by atoms with Crippen LogP contribution in [0.2, 0.25) is 0 Å². The molecule has 7 nitrogen and oxygen atoms in total. The molecule has 1 aliphatic rings. The smallest absolute Gasteiger partial charge is 0.262 e. The highest BCUT2D eigenvalue weighted by Gasteiger charge is 2.17. The Bertz CT molecular complexity index is 1350. The van der Waals surface area contributed by atoms with Gasteiger partial charge >= 0.3 is 0 Å². The van der Waals surface area contributed by atoms with E-state index in [1.165, 1.54) is 0 Å². The zero-order chi connectivity index (χ0) is 23.3. The van der Waals surface area contributed by atoms with E-state index in [2.05, 4.69) is 10.6 Å². The van der Waals surface area contributed by atoms with Crippen molar-refractivity contribution in [2.75, 3.05) is 18.7 Å². The molecular formula is C27H22N2O5. The Morgan fingerprint density at radius 3 is 2.38 bits per heavy atom. The van der Waals surface area contributed by atoms with E-state index in [1.807, 2.05) is 54.6 Å². The largest absolute Gasteiger partial charge is 0.483 e. The van der Waals surface area contributed by atoms with Crippen LogP contribution < -0.4 is 24.8 Å². The molecule has 0 fully saturated rings. The molecule has 0 radical (unpaired) electrons. The van der Waals surface area contributed by atoms with Crippen LogP contribution in [0.4, 0.5) is 5.69 Å². The number of hydrogen-bond acceptors (Lipinski definition) is 5. The monoisotopic (exact) mass is 454 g/mol. The summed E-state index contributed by atoms with van der Waals surface area (Å²) >= 11 is 0. The SMILES string of the molecule is O=C(COc1cc2ccccc2cc1C(=O)NCc1ccccc1)Nc1ccc2c(c1)OCO2. The van der Waals surface area contributed by atoms with Crippen molar-refractivity contribution in [1.29, 1.82) is 0 Å². The molecule has 7 heteroatoms. The summed E-state index contributed by atoms with van der Waals surface area (Å²) in [7, 11) is 0. The van der Waals surface area contributed by atoms with Crippen LogP contribution in [0.3, 0.4) is 0 Å². The molecule has 4 aromatic rings. The molecule has 4 aromatic carbocycles. The van der Waals surface area contributed by atoms with Crippen LogP contribution in [0, 0.1) is 0 Å². The first-order chi connectivity index (χ1) is 16.7. The normalized spacial score (nSPS) is 11.8. The Labute approximate surface area is 196 Å². The predicted molar refractivity (Wildman–Crippen MR) is 128 cm³/mol. The molecule has 5 rings (SSSR count). The topological polar surface area (TPSA) is 85.9 Å². The van der Waals surface area contributed by atoms with Gasteiger partial charge in [0.2, 0.25) is 6.79 Å². The van der Waals surface area contributed by atoms with Gasteiger partial charge < -0.3 is 24.8 Å². The second-order valence-corrected chi connectivity index (χ2v) is 7.77. The first-order valence-electron chi connectivity index (χ1n) is 10.8. The fourth-order valence-electron chi connectivity index (χ4n) is 3.70. The molecular weight excluding hydrogens is 432 g/mol. The number of carbonyl (C=O) groups is 2. The molecule has 2 amide bonds. The Hall–Kier alpha value is -4.52. The molecule has 2 N–H and O–H groups in total. The number of benzene rings is 4. The van der Waals surface area contributed by atoms with Crippen molar-refractivity contribution in [3.05, 3.63) is 96.1 Å². The maximum atomic E-state index is 13.0. The lowest BCUT2D eigenvalue weighted by atomic mass is 10.1. The minimum Gasteiger partial charge on any atom is -0.483 e. The quantitative estimate of drug-likeness (QED) is 0.429. The van der Waals surface area contributed by atoms with Gasteiger partial charge in [0.15, 0.2) is 18.1 Å². The van der Waals surface area contributed by atoms with Crippen LogP contribution in [-0.2, 0) is 11.3 Å². The van der Waals surface area contributed by atoms with Crippen molar-refractivity contribution in [1.82, 2.24) is 5.32 Å². The van der Waals surface area contributed by atoms with Crippen molar-refractivity contribution >= 4 is 28.3 Å².